The molecule has 1 saturated heterocycles. The van der Waals surface area contributed by atoms with Crippen molar-refractivity contribution in [3.05, 3.63) is 0 Å². The molecule has 1 heterocycles. The Hall–Kier alpha value is -0.730. The van der Waals surface area contributed by atoms with Crippen molar-refractivity contribution in [2.24, 2.45) is 5.92 Å². The SMILES string of the molecule is C[C@@H]1[C@H](C)NC(=O)O[C@H]1C. The summed E-state index contributed by atoms with van der Waals surface area (Å²) in [7, 11) is 0. The molecule has 0 aromatic rings. The van der Waals surface area contributed by atoms with Crippen LogP contribution in [0.4, 0.5) is 4.79 Å². The number of carbonyl (C=O) groups is 1. The van der Waals surface area contributed by atoms with Crippen molar-refractivity contribution >= 4 is 6.09 Å². The Labute approximate surface area is 60.7 Å². The van der Waals surface area contributed by atoms with Gasteiger partial charge in [-0.05, 0) is 13.8 Å². The molecule has 0 aromatic carbocycles. The summed E-state index contributed by atoms with van der Waals surface area (Å²) in [4.78, 5) is 10.7. The van der Waals surface area contributed by atoms with Gasteiger partial charge in [0, 0.05) is 12.0 Å². The molecule has 0 aliphatic carbocycles. The molecule has 1 amide bonds. The zero-order valence-electron chi connectivity index (χ0n) is 6.55. The third kappa shape index (κ3) is 1.23. The first-order valence-electron chi connectivity index (χ1n) is 3.58. The zero-order chi connectivity index (χ0) is 7.72. The predicted octanol–water partition coefficient (Wildman–Crippen LogP) is 1.14. The fourth-order valence-electron chi connectivity index (χ4n) is 1.03. The maximum atomic E-state index is 10.7. The summed E-state index contributed by atoms with van der Waals surface area (Å²) in [5.41, 5.74) is 0. The number of hydrogen-bond donors (Lipinski definition) is 1. The quantitative estimate of drug-likeness (QED) is 0.552. The van der Waals surface area contributed by atoms with Gasteiger partial charge in [-0.25, -0.2) is 4.79 Å². The third-order valence-electron chi connectivity index (χ3n) is 2.17. The number of rotatable bonds is 0. The molecule has 0 aromatic heterocycles. The molecule has 0 radical (unpaired) electrons. The minimum atomic E-state index is -0.293. The summed E-state index contributed by atoms with van der Waals surface area (Å²) in [6.07, 6.45) is -0.248. The van der Waals surface area contributed by atoms with E-state index in [1.165, 1.54) is 0 Å². The monoisotopic (exact) mass is 143 g/mol. The van der Waals surface area contributed by atoms with Gasteiger partial charge >= 0.3 is 6.09 Å². The van der Waals surface area contributed by atoms with Gasteiger partial charge in [0.2, 0.25) is 0 Å². The normalized spacial score (nSPS) is 40.3. The lowest BCUT2D eigenvalue weighted by Gasteiger charge is -2.31. The van der Waals surface area contributed by atoms with Crippen LogP contribution in [0.3, 0.4) is 0 Å². The van der Waals surface area contributed by atoms with Gasteiger partial charge in [-0.15, -0.1) is 0 Å². The van der Waals surface area contributed by atoms with E-state index in [1.54, 1.807) is 0 Å². The van der Waals surface area contributed by atoms with Crippen LogP contribution in [-0.2, 0) is 4.74 Å². The number of hydrogen-bond acceptors (Lipinski definition) is 2. The van der Waals surface area contributed by atoms with Crippen molar-refractivity contribution in [1.29, 1.82) is 0 Å². The highest BCUT2D eigenvalue weighted by Crippen LogP contribution is 2.16. The Morgan fingerprint density at radius 1 is 1.40 bits per heavy atom. The molecule has 3 atom stereocenters. The average molecular weight is 143 g/mol. The topological polar surface area (TPSA) is 38.3 Å². The van der Waals surface area contributed by atoms with Crippen molar-refractivity contribution in [2.45, 2.75) is 32.9 Å². The zero-order valence-corrected chi connectivity index (χ0v) is 6.55. The highest BCUT2D eigenvalue weighted by atomic mass is 16.6. The van der Waals surface area contributed by atoms with Crippen molar-refractivity contribution in [1.82, 2.24) is 5.32 Å². The molecule has 1 aliphatic rings. The van der Waals surface area contributed by atoms with Crippen LogP contribution in [0.25, 0.3) is 0 Å². The van der Waals surface area contributed by atoms with Gasteiger partial charge in [0.1, 0.15) is 6.10 Å². The van der Waals surface area contributed by atoms with Crippen LogP contribution >= 0.6 is 0 Å². The van der Waals surface area contributed by atoms with Crippen molar-refractivity contribution in [2.75, 3.05) is 0 Å². The molecule has 0 spiro atoms. The summed E-state index contributed by atoms with van der Waals surface area (Å²) in [6.45, 7) is 5.97. The first-order chi connectivity index (χ1) is 4.61. The van der Waals surface area contributed by atoms with Crippen LogP contribution in [0.1, 0.15) is 20.8 Å². The van der Waals surface area contributed by atoms with Gasteiger partial charge in [0.15, 0.2) is 0 Å². The molecule has 1 fully saturated rings. The van der Waals surface area contributed by atoms with Gasteiger partial charge in [-0.1, -0.05) is 6.92 Å². The maximum Gasteiger partial charge on any atom is 0.407 e. The minimum Gasteiger partial charge on any atom is -0.446 e. The standard InChI is InChI=1S/C7H13NO2/c1-4-5(2)8-7(9)10-6(4)3/h4-6H,1-3H3,(H,8,9)/t4-,5+,6+/m1/s1. The molecule has 3 nitrogen and oxygen atoms in total. The van der Waals surface area contributed by atoms with E-state index in [9.17, 15) is 4.79 Å². The molecule has 0 saturated carbocycles. The molecule has 1 rings (SSSR count). The molecule has 10 heavy (non-hydrogen) atoms. The van der Waals surface area contributed by atoms with Gasteiger partial charge in [0.25, 0.3) is 0 Å². The summed E-state index contributed by atoms with van der Waals surface area (Å²) >= 11 is 0. The lowest BCUT2D eigenvalue weighted by Crippen LogP contribution is -2.48. The van der Waals surface area contributed by atoms with Crippen molar-refractivity contribution < 1.29 is 9.53 Å². The summed E-state index contributed by atoms with van der Waals surface area (Å²) in [6, 6.07) is 0.233. The van der Waals surface area contributed by atoms with Crippen molar-refractivity contribution in [3.63, 3.8) is 0 Å². The molecule has 0 unspecified atom stereocenters. The first-order valence-corrected chi connectivity index (χ1v) is 3.58. The van der Waals surface area contributed by atoms with Crippen molar-refractivity contribution in [3.8, 4) is 0 Å². The van der Waals surface area contributed by atoms with E-state index in [0.717, 1.165) is 0 Å². The van der Waals surface area contributed by atoms with Crippen LogP contribution < -0.4 is 5.32 Å². The number of amides is 1. The minimum absolute atomic E-state index is 0.0451. The number of cyclic esters (lactones) is 1. The second-order valence-electron chi connectivity index (χ2n) is 2.90. The van der Waals surface area contributed by atoms with Gasteiger partial charge in [-0.3, -0.25) is 0 Å². The Balaban J connectivity index is 2.57. The van der Waals surface area contributed by atoms with Crippen LogP contribution in [0, 0.1) is 5.92 Å². The molecular formula is C7H13NO2. The molecule has 1 N–H and O–H groups in total. The van der Waals surface area contributed by atoms with Crippen LogP contribution in [0.5, 0.6) is 0 Å². The summed E-state index contributed by atoms with van der Waals surface area (Å²) < 4.78 is 4.92. The number of nitrogens with one attached hydrogen (secondary N) is 1. The van der Waals surface area contributed by atoms with Crippen LogP contribution in [0.15, 0.2) is 0 Å². The Kier molecular flexibility index (Phi) is 1.83. The van der Waals surface area contributed by atoms with E-state index in [0.29, 0.717) is 5.92 Å². The number of alkyl carbamates (subject to hydrolysis) is 1. The van der Waals surface area contributed by atoms with E-state index < -0.39 is 0 Å². The molecule has 0 bridgehead atoms. The van der Waals surface area contributed by atoms with E-state index in [-0.39, 0.29) is 18.2 Å². The molecule has 1 aliphatic heterocycles. The van der Waals surface area contributed by atoms with Gasteiger partial charge < -0.3 is 10.1 Å². The highest BCUT2D eigenvalue weighted by Gasteiger charge is 2.28. The second-order valence-corrected chi connectivity index (χ2v) is 2.90. The number of carbonyl (C=O) groups excluding carboxylic acids is 1. The molecule has 58 valence electrons. The lowest BCUT2D eigenvalue weighted by molar-refractivity contribution is 0.0363. The molecular weight excluding hydrogens is 130 g/mol. The van der Waals surface area contributed by atoms with E-state index >= 15 is 0 Å². The fourth-order valence-corrected chi connectivity index (χ4v) is 1.03. The Bertz CT molecular complexity index is 133. The lowest BCUT2D eigenvalue weighted by atomic mass is 9.97. The largest absolute Gasteiger partial charge is 0.446 e. The van der Waals surface area contributed by atoms with Crippen LogP contribution in [-0.4, -0.2) is 18.2 Å². The maximum absolute atomic E-state index is 10.7. The highest BCUT2D eigenvalue weighted by molar-refractivity contribution is 5.68. The van der Waals surface area contributed by atoms with E-state index in [1.807, 2.05) is 13.8 Å². The van der Waals surface area contributed by atoms with Gasteiger partial charge in [0.05, 0.1) is 0 Å². The van der Waals surface area contributed by atoms with E-state index in [2.05, 4.69) is 12.2 Å². The predicted molar refractivity (Wildman–Crippen MR) is 37.7 cm³/mol. The van der Waals surface area contributed by atoms with Crippen LogP contribution in [0.2, 0.25) is 0 Å². The smallest absolute Gasteiger partial charge is 0.407 e. The fraction of sp³-hybridized carbons (Fsp3) is 0.857. The average Bonchev–Trinajstić information content (AvgIpc) is 1.82. The third-order valence-corrected chi connectivity index (χ3v) is 2.17. The van der Waals surface area contributed by atoms with Gasteiger partial charge in [-0.2, -0.15) is 0 Å². The second kappa shape index (κ2) is 2.48. The Morgan fingerprint density at radius 2 is 2.00 bits per heavy atom. The summed E-state index contributed by atoms with van der Waals surface area (Å²) in [5.74, 6) is 0.401. The molecule has 3 heteroatoms. The first kappa shape index (κ1) is 7.38. The Morgan fingerprint density at radius 3 is 2.50 bits per heavy atom. The summed E-state index contributed by atoms with van der Waals surface area (Å²) in [5, 5.41) is 2.70. The van der Waals surface area contributed by atoms with E-state index in [4.69, 9.17) is 4.74 Å². The number of ether oxygens (including phenoxy) is 1.